The SMILES string of the molecule is COc1ccccc1N1CCN(C(=O)c2cc([S+]([O-])Nc3ccc(C(C)(C)C)cc3)ccc2C)CC1. The van der Waals surface area contributed by atoms with Crippen LogP contribution in [0.5, 0.6) is 5.75 Å². The van der Waals surface area contributed by atoms with Crippen LogP contribution in [0.15, 0.2) is 71.6 Å². The standard InChI is InChI=1S/C29H35N3O3S/c1-21-10-15-24(36(34)30-23-13-11-22(12-14-23)29(2,3)4)20-25(21)28(33)32-18-16-31(17-19-32)26-8-6-7-9-27(26)35-5/h6-15,20,30H,16-19H2,1-5H3. The lowest BCUT2D eigenvalue weighted by Crippen LogP contribution is -2.49. The van der Waals surface area contributed by atoms with Crippen molar-refractivity contribution in [2.24, 2.45) is 0 Å². The monoisotopic (exact) mass is 505 g/mol. The fraction of sp³-hybridized carbons (Fsp3) is 0.345. The summed E-state index contributed by atoms with van der Waals surface area (Å²) in [6.07, 6.45) is 0. The van der Waals surface area contributed by atoms with Gasteiger partial charge >= 0.3 is 0 Å². The molecule has 1 N–H and O–H groups in total. The van der Waals surface area contributed by atoms with E-state index >= 15 is 0 Å². The molecule has 3 aromatic rings. The third kappa shape index (κ3) is 5.79. The van der Waals surface area contributed by atoms with Crippen molar-refractivity contribution in [1.29, 1.82) is 0 Å². The van der Waals surface area contributed by atoms with Crippen LogP contribution in [0.25, 0.3) is 0 Å². The van der Waals surface area contributed by atoms with Gasteiger partial charge in [0.2, 0.25) is 0 Å². The van der Waals surface area contributed by atoms with Crippen LogP contribution in [0.1, 0.15) is 42.3 Å². The maximum atomic E-state index is 13.4. The minimum Gasteiger partial charge on any atom is -0.588 e. The van der Waals surface area contributed by atoms with Crippen LogP contribution in [0, 0.1) is 6.92 Å². The van der Waals surface area contributed by atoms with Gasteiger partial charge in [-0.1, -0.05) is 51.1 Å². The van der Waals surface area contributed by atoms with Crippen molar-refractivity contribution in [3.63, 3.8) is 0 Å². The number of amides is 1. The molecule has 1 aliphatic rings. The number of piperazine rings is 1. The van der Waals surface area contributed by atoms with Gasteiger partial charge in [-0.25, -0.2) is 4.72 Å². The number of carbonyl (C=O) groups is 1. The van der Waals surface area contributed by atoms with Crippen LogP contribution < -0.4 is 14.4 Å². The van der Waals surface area contributed by atoms with E-state index in [0.717, 1.165) is 35.8 Å². The first-order valence-corrected chi connectivity index (χ1v) is 13.4. The molecule has 1 unspecified atom stereocenters. The lowest BCUT2D eigenvalue weighted by molar-refractivity contribution is 0.0745. The molecule has 1 fully saturated rings. The summed E-state index contributed by atoms with van der Waals surface area (Å²) in [5.41, 5.74) is 4.57. The molecule has 36 heavy (non-hydrogen) atoms. The number of hydrogen-bond acceptors (Lipinski definition) is 5. The van der Waals surface area contributed by atoms with Crippen LogP contribution in [-0.2, 0) is 16.8 Å². The maximum absolute atomic E-state index is 13.4. The second kappa shape index (κ2) is 10.8. The van der Waals surface area contributed by atoms with Crippen molar-refractivity contribution < 1.29 is 14.1 Å². The molecule has 0 saturated carbocycles. The summed E-state index contributed by atoms with van der Waals surface area (Å²) in [7, 11) is 1.67. The van der Waals surface area contributed by atoms with Crippen molar-refractivity contribution in [3.05, 3.63) is 83.4 Å². The topological polar surface area (TPSA) is 67.9 Å². The van der Waals surface area contributed by atoms with E-state index in [1.54, 1.807) is 13.2 Å². The lowest BCUT2D eigenvalue weighted by Gasteiger charge is -2.36. The Labute approximate surface area is 217 Å². The van der Waals surface area contributed by atoms with Gasteiger partial charge < -0.3 is 19.1 Å². The summed E-state index contributed by atoms with van der Waals surface area (Å²) in [6.45, 7) is 11.1. The highest BCUT2D eigenvalue weighted by atomic mass is 32.2. The maximum Gasteiger partial charge on any atom is 0.254 e. The number of nitrogens with one attached hydrogen (secondary N) is 1. The first-order valence-electron chi connectivity index (χ1n) is 12.2. The zero-order valence-corrected chi connectivity index (χ0v) is 22.5. The average Bonchev–Trinajstić information content (AvgIpc) is 2.88. The summed E-state index contributed by atoms with van der Waals surface area (Å²) in [6, 6.07) is 21.4. The van der Waals surface area contributed by atoms with Gasteiger partial charge in [-0.2, -0.15) is 0 Å². The van der Waals surface area contributed by atoms with Crippen LogP contribution >= 0.6 is 0 Å². The highest BCUT2D eigenvalue weighted by Gasteiger charge is 2.26. The van der Waals surface area contributed by atoms with Gasteiger partial charge in [0.1, 0.15) is 17.1 Å². The number of rotatable bonds is 6. The minimum atomic E-state index is -1.48. The lowest BCUT2D eigenvalue weighted by atomic mass is 9.87. The molecule has 3 aromatic carbocycles. The molecule has 1 amide bonds. The Bertz CT molecular complexity index is 1200. The predicted molar refractivity (Wildman–Crippen MR) is 147 cm³/mol. The van der Waals surface area contributed by atoms with Crippen molar-refractivity contribution in [1.82, 2.24) is 4.90 Å². The molecule has 0 spiro atoms. The molecule has 1 heterocycles. The van der Waals surface area contributed by atoms with E-state index < -0.39 is 11.4 Å². The van der Waals surface area contributed by atoms with Crippen molar-refractivity contribution >= 4 is 28.6 Å². The van der Waals surface area contributed by atoms with Gasteiger partial charge in [-0.15, -0.1) is 0 Å². The second-order valence-electron chi connectivity index (χ2n) is 10.1. The van der Waals surface area contributed by atoms with E-state index in [0.29, 0.717) is 23.5 Å². The molecule has 0 radical (unpaired) electrons. The normalized spacial score (nSPS) is 14.9. The molecule has 0 aromatic heterocycles. The van der Waals surface area contributed by atoms with Gasteiger partial charge in [-0.05, 0) is 53.8 Å². The van der Waals surface area contributed by atoms with E-state index in [9.17, 15) is 9.35 Å². The first kappa shape index (κ1) is 25.9. The number of benzene rings is 3. The number of aryl methyl sites for hydroxylation is 1. The van der Waals surface area contributed by atoms with Gasteiger partial charge in [0.15, 0.2) is 4.90 Å². The Morgan fingerprint density at radius 2 is 1.64 bits per heavy atom. The third-order valence-corrected chi connectivity index (χ3v) is 7.71. The molecular weight excluding hydrogens is 470 g/mol. The van der Waals surface area contributed by atoms with Gasteiger partial charge in [-0.3, -0.25) is 4.79 Å². The molecule has 1 saturated heterocycles. The summed E-state index contributed by atoms with van der Waals surface area (Å²) in [5.74, 6) is 0.810. The summed E-state index contributed by atoms with van der Waals surface area (Å²) in [5, 5.41) is 0. The number of ether oxygens (including phenoxy) is 1. The molecule has 1 atom stereocenters. The Balaban J connectivity index is 1.43. The zero-order chi connectivity index (χ0) is 25.9. The predicted octanol–water partition coefficient (Wildman–Crippen LogP) is 5.40. The van der Waals surface area contributed by atoms with Crippen LogP contribution in [0.4, 0.5) is 11.4 Å². The first-order chi connectivity index (χ1) is 17.2. The fourth-order valence-corrected chi connectivity index (χ4v) is 5.25. The molecule has 6 nitrogen and oxygen atoms in total. The van der Waals surface area contributed by atoms with Gasteiger partial charge in [0, 0.05) is 37.8 Å². The molecule has 1 aliphatic heterocycles. The smallest absolute Gasteiger partial charge is 0.254 e. The van der Waals surface area contributed by atoms with Crippen LogP contribution in [0.3, 0.4) is 0 Å². The van der Waals surface area contributed by atoms with E-state index in [-0.39, 0.29) is 11.3 Å². The molecule has 0 aliphatic carbocycles. The Morgan fingerprint density at radius 1 is 0.972 bits per heavy atom. The number of anilines is 2. The van der Waals surface area contributed by atoms with Crippen molar-refractivity contribution in [2.75, 3.05) is 42.9 Å². The highest BCUT2D eigenvalue weighted by Crippen LogP contribution is 2.29. The Kier molecular flexibility index (Phi) is 7.81. The number of carbonyl (C=O) groups excluding carboxylic acids is 1. The van der Waals surface area contributed by atoms with Crippen LogP contribution in [-0.4, -0.2) is 48.6 Å². The highest BCUT2D eigenvalue weighted by molar-refractivity contribution is 7.92. The van der Waals surface area contributed by atoms with E-state index in [4.69, 9.17) is 4.74 Å². The molecule has 4 rings (SSSR count). The van der Waals surface area contributed by atoms with Crippen LogP contribution in [0.2, 0.25) is 0 Å². The summed E-state index contributed by atoms with van der Waals surface area (Å²) in [4.78, 5) is 18.1. The summed E-state index contributed by atoms with van der Waals surface area (Å²) < 4.78 is 21.6. The Hall–Kier alpha value is -3.16. The van der Waals surface area contributed by atoms with Gasteiger partial charge in [0.05, 0.1) is 18.5 Å². The van der Waals surface area contributed by atoms with Crippen molar-refractivity contribution in [2.45, 2.75) is 38.0 Å². The van der Waals surface area contributed by atoms with E-state index in [1.807, 2.05) is 72.5 Å². The van der Waals surface area contributed by atoms with E-state index in [1.165, 1.54) is 5.56 Å². The molecule has 7 heteroatoms. The van der Waals surface area contributed by atoms with Crippen molar-refractivity contribution in [3.8, 4) is 5.75 Å². The quantitative estimate of drug-likeness (QED) is 0.455. The number of hydrogen-bond donors (Lipinski definition) is 1. The third-order valence-electron chi connectivity index (χ3n) is 6.61. The molecular formula is C29H35N3O3S. The number of para-hydroxylation sites is 2. The summed E-state index contributed by atoms with van der Waals surface area (Å²) >= 11 is -1.48. The average molecular weight is 506 g/mol. The van der Waals surface area contributed by atoms with E-state index in [2.05, 4.69) is 30.4 Å². The van der Waals surface area contributed by atoms with Gasteiger partial charge in [0.25, 0.3) is 5.91 Å². The second-order valence-corrected chi connectivity index (χ2v) is 11.3. The number of nitrogens with zero attached hydrogens (tertiary/aromatic N) is 2. The Morgan fingerprint density at radius 3 is 2.28 bits per heavy atom. The molecule has 0 bridgehead atoms. The molecule has 190 valence electrons. The minimum absolute atomic E-state index is 0.0273. The zero-order valence-electron chi connectivity index (χ0n) is 21.7. The largest absolute Gasteiger partial charge is 0.588 e. The fourth-order valence-electron chi connectivity index (χ4n) is 4.36. The number of methoxy groups -OCH3 is 1.